The summed E-state index contributed by atoms with van der Waals surface area (Å²) in [6, 6.07) is 8.55. The fraction of sp³-hybridized carbons (Fsp3) is 0.160. The number of hydrogen-bond donors (Lipinski definition) is 3. The van der Waals surface area contributed by atoms with Crippen LogP contribution in [0, 0.1) is 5.82 Å². The monoisotopic (exact) mass is 634 g/mol. The molecule has 0 atom stereocenters. The second-order valence-electron chi connectivity index (χ2n) is 8.51. The lowest BCUT2D eigenvalue weighted by Crippen LogP contribution is -2.17. The highest BCUT2D eigenvalue weighted by molar-refractivity contribution is 5.80. The summed E-state index contributed by atoms with van der Waals surface area (Å²) in [5, 5.41) is 9.03. The van der Waals surface area contributed by atoms with Gasteiger partial charge in [-0.05, 0) is 59.7 Å². The van der Waals surface area contributed by atoms with Gasteiger partial charge in [0, 0.05) is 18.4 Å². The molecule has 0 radical (unpaired) electrons. The number of aromatic nitrogens is 4. The summed E-state index contributed by atoms with van der Waals surface area (Å²) in [4.78, 5) is 15.3. The standard InChI is InChI=1S/C25H16F10N8O/c26-18-7-4-15(9-17(18)23(27,28)29)39-21-40-20(37-11-14-3-8-19(36-10-14)24(30,31)32)41-22(42-21)43-38-12-13-1-5-16(6-2-13)44-25(33,34)35/h1-10,12H,11H2,(H3,37,39,40,41,42,43)/b38-12+. The van der Waals surface area contributed by atoms with E-state index in [0.29, 0.717) is 17.7 Å². The predicted molar refractivity (Wildman–Crippen MR) is 135 cm³/mol. The van der Waals surface area contributed by atoms with E-state index in [4.69, 9.17) is 0 Å². The first-order valence-electron chi connectivity index (χ1n) is 11.9. The minimum absolute atomic E-state index is 0.140. The normalized spacial score (nSPS) is 12.3. The van der Waals surface area contributed by atoms with E-state index in [0.717, 1.165) is 36.5 Å². The number of pyridine rings is 1. The molecule has 9 nitrogen and oxygen atoms in total. The number of nitrogens with one attached hydrogen (secondary N) is 3. The fourth-order valence-corrected chi connectivity index (χ4v) is 3.31. The molecule has 2 aromatic heterocycles. The van der Waals surface area contributed by atoms with E-state index in [2.05, 4.69) is 45.8 Å². The van der Waals surface area contributed by atoms with E-state index in [1.807, 2.05) is 0 Å². The van der Waals surface area contributed by atoms with Crippen LogP contribution in [0.4, 0.5) is 67.4 Å². The quantitative estimate of drug-likeness (QED) is 0.101. The number of alkyl halides is 9. The van der Waals surface area contributed by atoms with E-state index in [9.17, 15) is 43.9 Å². The summed E-state index contributed by atoms with van der Waals surface area (Å²) in [5.74, 6) is -2.84. The molecule has 0 unspecified atom stereocenters. The van der Waals surface area contributed by atoms with Gasteiger partial charge in [0.25, 0.3) is 0 Å². The fourth-order valence-electron chi connectivity index (χ4n) is 3.31. The number of nitrogens with zero attached hydrogens (tertiary/aromatic N) is 5. The molecule has 4 rings (SSSR count). The van der Waals surface area contributed by atoms with Gasteiger partial charge in [-0.25, -0.2) is 9.82 Å². The zero-order chi connectivity index (χ0) is 32.1. The van der Waals surface area contributed by atoms with Gasteiger partial charge in [-0.3, -0.25) is 4.98 Å². The molecular weight excluding hydrogens is 618 g/mol. The molecule has 44 heavy (non-hydrogen) atoms. The van der Waals surface area contributed by atoms with Crippen LogP contribution in [0.25, 0.3) is 0 Å². The number of anilines is 4. The summed E-state index contributed by atoms with van der Waals surface area (Å²) in [5.41, 5.74) is 0.0991. The molecule has 0 spiro atoms. The van der Waals surface area contributed by atoms with Crippen molar-refractivity contribution in [1.82, 2.24) is 19.9 Å². The van der Waals surface area contributed by atoms with Crippen molar-refractivity contribution < 1.29 is 48.6 Å². The van der Waals surface area contributed by atoms with Gasteiger partial charge in [-0.2, -0.15) is 46.4 Å². The van der Waals surface area contributed by atoms with Crippen molar-refractivity contribution in [3.05, 3.63) is 89.0 Å². The molecule has 232 valence electrons. The highest BCUT2D eigenvalue weighted by Gasteiger charge is 2.34. The lowest BCUT2D eigenvalue weighted by Gasteiger charge is -2.12. The number of benzene rings is 2. The SMILES string of the molecule is Fc1ccc(Nc2nc(NCc3ccc(C(F)(F)F)nc3)nc(N/N=C/c3ccc(OC(F)(F)F)cc3)n2)cc1C(F)(F)F. The lowest BCUT2D eigenvalue weighted by atomic mass is 10.2. The van der Waals surface area contributed by atoms with E-state index >= 15 is 0 Å². The molecule has 2 aromatic carbocycles. The minimum atomic E-state index is -5.00. The average molecular weight is 634 g/mol. The van der Waals surface area contributed by atoms with E-state index < -0.39 is 41.5 Å². The summed E-state index contributed by atoms with van der Waals surface area (Å²) in [6.45, 7) is -0.140. The van der Waals surface area contributed by atoms with Crippen LogP contribution in [0.1, 0.15) is 22.4 Å². The van der Waals surface area contributed by atoms with E-state index in [1.165, 1.54) is 18.3 Å². The molecular formula is C25H16F10N8O. The number of ether oxygens (including phenoxy) is 1. The number of halogens is 10. The van der Waals surface area contributed by atoms with Gasteiger partial charge in [0.1, 0.15) is 17.3 Å². The van der Waals surface area contributed by atoms with Crippen LogP contribution in [-0.4, -0.2) is 32.5 Å². The van der Waals surface area contributed by atoms with Crippen LogP contribution in [0.2, 0.25) is 0 Å². The molecule has 4 aromatic rings. The lowest BCUT2D eigenvalue weighted by molar-refractivity contribution is -0.274. The Kier molecular flexibility index (Phi) is 9.05. The zero-order valence-corrected chi connectivity index (χ0v) is 21.5. The van der Waals surface area contributed by atoms with Gasteiger partial charge >= 0.3 is 18.7 Å². The molecule has 0 aliphatic rings. The Morgan fingerprint density at radius 2 is 1.45 bits per heavy atom. The largest absolute Gasteiger partial charge is 0.573 e. The molecule has 0 bridgehead atoms. The van der Waals surface area contributed by atoms with Crippen LogP contribution in [0.3, 0.4) is 0 Å². The first-order valence-corrected chi connectivity index (χ1v) is 11.9. The Hall–Kier alpha value is -5.23. The van der Waals surface area contributed by atoms with Crippen LogP contribution in [0.5, 0.6) is 5.75 Å². The van der Waals surface area contributed by atoms with Crippen LogP contribution in [-0.2, 0) is 18.9 Å². The Morgan fingerprint density at radius 3 is 2.07 bits per heavy atom. The Bertz CT molecular complexity index is 1610. The van der Waals surface area contributed by atoms with Gasteiger partial charge < -0.3 is 15.4 Å². The highest BCUT2D eigenvalue weighted by Crippen LogP contribution is 2.33. The minimum Gasteiger partial charge on any atom is -0.406 e. The molecule has 0 fully saturated rings. The van der Waals surface area contributed by atoms with Gasteiger partial charge in [0.05, 0.1) is 11.8 Å². The second kappa shape index (κ2) is 12.6. The smallest absolute Gasteiger partial charge is 0.406 e. The van der Waals surface area contributed by atoms with Gasteiger partial charge in [-0.15, -0.1) is 13.2 Å². The van der Waals surface area contributed by atoms with Crippen LogP contribution >= 0.6 is 0 Å². The Labute approximate surface area is 240 Å². The molecule has 0 saturated carbocycles. The summed E-state index contributed by atoms with van der Waals surface area (Å²) in [6.07, 6.45) is -12.4. The van der Waals surface area contributed by atoms with Gasteiger partial charge in [-0.1, -0.05) is 6.07 Å². The van der Waals surface area contributed by atoms with Crippen molar-refractivity contribution in [2.24, 2.45) is 5.10 Å². The summed E-state index contributed by atoms with van der Waals surface area (Å²) >= 11 is 0. The van der Waals surface area contributed by atoms with Crippen molar-refractivity contribution in [3.8, 4) is 5.75 Å². The van der Waals surface area contributed by atoms with Crippen molar-refractivity contribution in [2.45, 2.75) is 25.3 Å². The maximum atomic E-state index is 13.7. The number of hydrazone groups is 1. The zero-order valence-electron chi connectivity index (χ0n) is 21.5. The molecule has 0 aliphatic heterocycles. The summed E-state index contributed by atoms with van der Waals surface area (Å²) < 4.78 is 132. The van der Waals surface area contributed by atoms with Crippen molar-refractivity contribution >= 4 is 29.7 Å². The molecule has 0 aliphatic carbocycles. The Balaban J connectivity index is 1.55. The summed E-state index contributed by atoms with van der Waals surface area (Å²) in [7, 11) is 0. The van der Waals surface area contributed by atoms with Gasteiger partial charge in [0.2, 0.25) is 17.8 Å². The Morgan fingerprint density at radius 1 is 0.773 bits per heavy atom. The average Bonchev–Trinajstić information content (AvgIpc) is 2.92. The maximum Gasteiger partial charge on any atom is 0.573 e. The van der Waals surface area contributed by atoms with Crippen molar-refractivity contribution in [3.63, 3.8) is 0 Å². The molecule has 19 heteroatoms. The topological polar surface area (TPSA) is 109 Å². The van der Waals surface area contributed by atoms with E-state index in [1.54, 1.807) is 0 Å². The maximum absolute atomic E-state index is 13.7. The second-order valence-corrected chi connectivity index (χ2v) is 8.51. The molecule has 0 saturated heterocycles. The van der Waals surface area contributed by atoms with Crippen LogP contribution < -0.4 is 20.8 Å². The molecule has 2 heterocycles. The van der Waals surface area contributed by atoms with Crippen molar-refractivity contribution in [2.75, 3.05) is 16.1 Å². The van der Waals surface area contributed by atoms with Crippen molar-refractivity contribution in [1.29, 1.82) is 0 Å². The van der Waals surface area contributed by atoms with Crippen LogP contribution in [0.15, 0.2) is 65.9 Å². The third-order valence-electron chi connectivity index (χ3n) is 5.22. The number of hydrogen-bond acceptors (Lipinski definition) is 9. The highest BCUT2D eigenvalue weighted by atomic mass is 19.4. The first-order chi connectivity index (χ1) is 20.5. The number of rotatable bonds is 9. The third kappa shape index (κ3) is 9.13. The predicted octanol–water partition coefficient (Wildman–Crippen LogP) is 7.14. The molecule has 3 N–H and O–H groups in total. The van der Waals surface area contributed by atoms with Gasteiger partial charge in [0.15, 0.2) is 0 Å². The van der Waals surface area contributed by atoms with E-state index in [-0.39, 0.29) is 35.6 Å². The third-order valence-corrected chi connectivity index (χ3v) is 5.22. The molecule has 0 amide bonds. The first kappa shape index (κ1) is 31.7.